The summed E-state index contributed by atoms with van der Waals surface area (Å²) in [5.41, 5.74) is 2.60. The first kappa shape index (κ1) is 12.1. The minimum atomic E-state index is -1.16. The number of hydrogen-bond acceptors (Lipinski definition) is 5. The first-order valence-electron chi connectivity index (χ1n) is 5.84. The molecule has 3 aromatic rings. The Morgan fingerprint density at radius 2 is 2.15 bits per heavy atom. The molecular formula is C13H10N4O3. The first-order valence-corrected chi connectivity index (χ1v) is 5.84. The molecule has 100 valence electrons. The lowest BCUT2D eigenvalue weighted by Crippen LogP contribution is -2.01. The molecule has 7 heteroatoms. The van der Waals surface area contributed by atoms with Crippen LogP contribution in [0.25, 0.3) is 16.9 Å². The van der Waals surface area contributed by atoms with E-state index in [1.807, 2.05) is 25.1 Å². The number of carbonyl (C=O) groups is 1. The van der Waals surface area contributed by atoms with Gasteiger partial charge in [-0.1, -0.05) is 23.4 Å². The summed E-state index contributed by atoms with van der Waals surface area (Å²) in [5, 5.41) is 21.0. The average molecular weight is 270 g/mol. The topological polar surface area (TPSA) is 94.0 Å². The lowest BCUT2D eigenvalue weighted by molar-refractivity contribution is 0.0652. The van der Waals surface area contributed by atoms with E-state index in [4.69, 9.17) is 9.63 Å². The van der Waals surface area contributed by atoms with Crippen LogP contribution in [0.2, 0.25) is 0 Å². The van der Waals surface area contributed by atoms with Crippen molar-refractivity contribution < 1.29 is 14.4 Å². The maximum atomic E-state index is 10.8. The Labute approximate surface area is 113 Å². The first-order chi connectivity index (χ1) is 9.65. The Morgan fingerprint density at radius 1 is 1.35 bits per heavy atom. The molecule has 0 fully saturated rings. The third kappa shape index (κ3) is 2.05. The smallest absolute Gasteiger partial charge is 0.374 e. The van der Waals surface area contributed by atoms with Gasteiger partial charge in [-0.15, -0.1) is 0 Å². The Morgan fingerprint density at radius 3 is 2.80 bits per heavy atom. The normalized spacial score (nSPS) is 10.7. The highest BCUT2D eigenvalue weighted by Gasteiger charge is 2.16. The Bertz CT molecular complexity index is 775. The van der Waals surface area contributed by atoms with Crippen LogP contribution in [-0.2, 0) is 0 Å². The van der Waals surface area contributed by atoms with E-state index < -0.39 is 5.97 Å². The van der Waals surface area contributed by atoms with E-state index in [1.165, 1.54) is 10.9 Å². The molecule has 0 spiro atoms. The number of aromatic carboxylic acids is 1. The Balaban J connectivity index is 2.11. The summed E-state index contributed by atoms with van der Waals surface area (Å²) in [6.45, 7) is 1.84. The van der Waals surface area contributed by atoms with Crippen LogP contribution in [0.3, 0.4) is 0 Å². The van der Waals surface area contributed by atoms with Gasteiger partial charge in [-0.25, -0.2) is 4.79 Å². The average Bonchev–Trinajstić information content (AvgIpc) is 3.07. The number of aromatic nitrogens is 4. The summed E-state index contributed by atoms with van der Waals surface area (Å²) in [7, 11) is 0. The van der Waals surface area contributed by atoms with Gasteiger partial charge in [0.15, 0.2) is 0 Å². The van der Waals surface area contributed by atoms with Gasteiger partial charge in [0.2, 0.25) is 5.76 Å². The molecular weight excluding hydrogens is 260 g/mol. The van der Waals surface area contributed by atoms with Crippen LogP contribution in [0.4, 0.5) is 0 Å². The van der Waals surface area contributed by atoms with Crippen LogP contribution in [0.5, 0.6) is 0 Å². The maximum Gasteiger partial charge on any atom is 0.374 e. The molecule has 0 unspecified atom stereocenters. The van der Waals surface area contributed by atoms with Gasteiger partial charge in [-0.2, -0.15) is 15.0 Å². The Kier molecular flexibility index (Phi) is 2.79. The second-order valence-corrected chi connectivity index (χ2v) is 4.17. The second kappa shape index (κ2) is 4.61. The van der Waals surface area contributed by atoms with E-state index in [1.54, 1.807) is 12.3 Å². The molecule has 0 aliphatic carbocycles. The molecule has 0 aliphatic heterocycles. The van der Waals surface area contributed by atoms with Gasteiger partial charge in [0.25, 0.3) is 0 Å². The minimum absolute atomic E-state index is 0.209. The van der Waals surface area contributed by atoms with Crippen LogP contribution >= 0.6 is 0 Å². The highest BCUT2D eigenvalue weighted by Crippen LogP contribution is 2.25. The minimum Gasteiger partial charge on any atom is -0.475 e. The van der Waals surface area contributed by atoms with Crippen LogP contribution in [0.1, 0.15) is 16.2 Å². The highest BCUT2D eigenvalue weighted by atomic mass is 16.5. The van der Waals surface area contributed by atoms with Gasteiger partial charge in [0.1, 0.15) is 5.69 Å². The van der Waals surface area contributed by atoms with Gasteiger partial charge < -0.3 is 9.63 Å². The van der Waals surface area contributed by atoms with Crippen molar-refractivity contribution in [3.63, 3.8) is 0 Å². The van der Waals surface area contributed by atoms with E-state index in [0.717, 1.165) is 5.69 Å². The summed E-state index contributed by atoms with van der Waals surface area (Å²) in [4.78, 5) is 12.3. The van der Waals surface area contributed by atoms with Crippen molar-refractivity contribution in [2.75, 3.05) is 0 Å². The Hall–Kier alpha value is -2.96. The number of aryl methyl sites for hydroxylation is 1. The standard InChI is InChI=1S/C13H10N4O3/c1-8-7-14-17(15-8)11-5-3-2-4-9(11)10-6-12(13(18)19)20-16-10/h2-7H,1H3,(H,18,19). The van der Waals surface area contributed by atoms with E-state index >= 15 is 0 Å². The predicted octanol–water partition coefficient (Wildman–Crippen LogP) is 1.93. The highest BCUT2D eigenvalue weighted by molar-refractivity contribution is 5.86. The summed E-state index contributed by atoms with van der Waals surface area (Å²) in [5.74, 6) is -1.37. The van der Waals surface area contributed by atoms with Crippen molar-refractivity contribution >= 4 is 5.97 Å². The van der Waals surface area contributed by atoms with Crippen LogP contribution in [-0.4, -0.2) is 31.2 Å². The summed E-state index contributed by atoms with van der Waals surface area (Å²) < 4.78 is 4.78. The van der Waals surface area contributed by atoms with Gasteiger partial charge in [-0.3, -0.25) is 0 Å². The largest absolute Gasteiger partial charge is 0.475 e. The van der Waals surface area contributed by atoms with Crippen molar-refractivity contribution in [1.29, 1.82) is 0 Å². The molecule has 0 bridgehead atoms. The molecule has 0 saturated heterocycles. The lowest BCUT2D eigenvalue weighted by atomic mass is 10.1. The number of para-hydroxylation sites is 1. The fourth-order valence-electron chi connectivity index (χ4n) is 1.82. The van der Waals surface area contributed by atoms with Gasteiger partial charge >= 0.3 is 5.97 Å². The zero-order valence-corrected chi connectivity index (χ0v) is 10.5. The number of nitrogens with zero attached hydrogens (tertiary/aromatic N) is 4. The summed E-state index contributed by atoms with van der Waals surface area (Å²) >= 11 is 0. The van der Waals surface area contributed by atoms with Crippen LogP contribution < -0.4 is 0 Å². The molecule has 1 N–H and O–H groups in total. The summed E-state index contributed by atoms with van der Waals surface area (Å²) in [6, 6.07) is 8.67. The molecule has 0 atom stereocenters. The van der Waals surface area contributed by atoms with E-state index in [-0.39, 0.29) is 5.76 Å². The van der Waals surface area contributed by atoms with Gasteiger partial charge in [0, 0.05) is 11.6 Å². The second-order valence-electron chi connectivity index (χ2n) is 4.17. The fraction of sp³-hybridized carbons (Fsp3) is 0.0769. The molecule has 0 saturated carbocycles. The van der Waals surface area contributed by atoms with E-state index in [0.29, 0.717) is 16.9 Å². The van der Waals surface area contributed by atoms with Crippen molar-refractivity contribution in [2.24, 2.45) is 0 Å². The molecule has 2 aromatic heterocycles. The van der Waals surface area contributed by atoms with Crippen LogP contribution in [0.15, 0.2) is 41.1 Å². The van der Waals surface area contributed by atoms with Crippen molar-refractivity contribution in [3.8, 4) is 16.9 Å². The summed E-state index contributed by atoms with van der Waals surface area (Å²) in [6.07, 6.45) is 1.64. The number of hydrogen-bond donors (Lipinski definition) is 1. The fourth-order valence-corrected chi connectivity index (χ4v) is 1.82. The van der Waals surface area contributed by atoms with E-state index in [9.17, 15) is 4.79 Å². The molecule has 20 heavy (non-hydrogen) atoms. The third-order valence-electron chi connectivity index (χ3n) is 2.72. The number of benzene rings is 1. The molecule has 1 aromatic carbocycles. The molecule has 0 amide bonds. The number of rotatable bonds is 3. The monoisotopic (exact) mass is 270 g/mol. The molecule has 7 nitrogen and oxygen atoms in total. The van der Waals surface area contributed by atoms with Gasteiger partial charge in [-0.05, 0) is 13.0 Å². The van der Waals surface area contributed by atoms with Crippen LogP contribution in [0, 0.1) is 6.92 Å². The SMILES string of the molecule is Cc1cnn(-c2ccccc2-c2cc(C(=O)O)on2)n1. The molecule has 0 radical (unpaired) electrons. The van der Waals surface area contributed by atoms with Crippen molar-refractivity contribution in [3.05, 3.63) is 48.0 Å². The number of carboxylic acid groups (broad SMARTS) is 1. The van der Waals surface area contributed by atoms with Gasteiger partial charge in [0.05, 0.1) is 17.6 Å². The molecule has 3 rings (SSSR count). The maximum absolute atomic E-state index is 10.8. The zero-order valence-electron chi connectivity index (χ0n) is 10.5. The third-order valence-corrected chi connectivity index (χ3v) is 2.72. The van der Waals surface area contributed by atoms with Crippen molar-refractivity contribution in [2.45, 2.75) is 6.92 Å². The molecule has 2 heterocycles. The number of carboxylic acids is 1. The zero-order chi connectivity index (χ0) is 14.1. The van der Waals surface area contributed by atoms with E-state index in [2.05, 4.69) is 15.4 Å². The lowest BCUT2D eigenvalue weighted by Gasteiger charge is -2.04. The van der Waals surface area contributed by atoms with Crippen molar-refractivity contribution in [1.82, 2.24) is 20.2 Å². The molecule has 0 aliphatic rings. The quantitative estimate of drug-likeness (QED) is 0.781. The predicted molar refractivity (Wildman–Crippen MR) is 68.6 cm³/mol.